The molecule has 0 bridgehead atoms. The number of carbonyl (C=O) groups is 1. The number of amides is 1. The van der Waals surface area contributed by atoms with Gasteiger partial charge in [-0.2, -0.15) is 0 Å². The number of aromatic nitrogens is 2. The Morgan fingerprint density at radius 1 is 1.19 bits per heavy atom. The lowest BCUT2D eigenvalue weighted by Gasteiger charge is -2.38. The van der Waals surface area contributed by atoms with E-state index in [1.54, 1.807) is 12.4 Å². The van der Waals surface area contributed by atoms with Gasteiger partial charge < -0.3 is 10.4 Å². The fourth-order valence-corrected chi connectivity index (χ4v) is 3.68. The van der Waals surface area contributed by atoms with E-state index in [9.17, 15) is 9.90 Å². The van der Waals surface area contributed by atoms with Crippen molar-refractivity contribution >= 4 is 16.8 Å². The number of nitrogens with zero attached hydrogens (tertiary/aromatic N) is 2. The molecule has 5 heteroatoms. The summed E-state index contributed by atoms with van der Waals surface area (Å²) >= 11 is 0. The predicted octanol–water partition coefficient (Wildman–Crippen LogP) is 3.19. The highest BCUT2D eigenvalue weighted by atomic mass is 16.3. The number of fused-ring (bicyclic) bond motifs is 1. The molecule has 5 nitrogen and oxygen atoms in total. The van der Waals surface area contributed by atoms with Crippen molar-refractivity contribution in [3.63, 3.8) is 0 Å². The van der Waals surface area contributed by atoms with Gasteiger partial charge in [-0.3, -0.25) is 14.8 Å². The molecule has 1 fully saturated rings. The Bertz CT molecular complexity index is 923. The number of pyridine rings is 2. The number of rotatable bonds is 6. The molecule has 1 unspecified atom stereocenters. The second-order valence-corrected chi connectivity index (χ2v) is 7.25. The minimum atomic E-state index is -0.266. The second-order valence-electron chi connectivity index (χ2n) is 7.25. The summed E-state index contributed by atoms with van der Waals surface area (Å²) in [6.45, 7) is 0. The zero-order chi connectivity index (χ0) is 18.6. The number of carbonyl (C=O) groups excluding carboxylic acids is 1. The van der Waals surface area contributed by atoms with Crippen LogP contribution in [0.25, 0.3) is 10.9 Å². The summed E-state index contributed by atoms with van der Waals surface area (Å²) in [7, 11) is 0. The molecule has 1 amide bonds. The molecule has 2 N–H and O–H groups in total. The van der Waals surface area contributed by atoms with Crippen LogP contribution in [0.15, 0.2) is 61.1 Å². The number of hydrogen-bond acceptors (Lipinski definition) is 4. The van der Waals surface area contributed by atoms with Crippen LogP contribution in [0.1, 0.15) is 36.4 Å². The van der Waals surface area contributed by atoms with E-state index in [0.29, 0.717) is 25.7 Å². The van der Waals surface area contributed by atoms with Crippen LogP contribution in [0.4, 0.5) is 0 Å². The lowest BCUT2D eigenvalue weighted by Crippen LogP contribution is -2.41. The third-order valence-corrected chi connectivity index (χ3v) is 5.27. The highest BCUT2D eigenvalue weighted by molar-refractivity contribution is 5.80. The quantitative estimate of drug-likeness (QED) is 0.707. The predicted molar refractivity (Wildman–Crippen MR) is 104 cm³/mol. The molecule has 2 aromatic heterocycles. The Hall–Kier alpha value is -2.79. The van der Waals surface area contributed by atoms with Crippen molar-refractivity contribution in [3.05, 3.63) is 72.2 Å². The van der Waals surface area contributed by atoms with Gasteiger partial charge in [0.05, 0.1) is 17.7 Å². The van der Waals surface area contributed by atoms with Crippen LogP contribution in [-0.4, -0.2) is 27.1 Å². The maximum Gasteiger partial charge on any atom is 0.220 e. The molecule has 1 saturated carbocycles. The fourth-order valence-electron chi connectivity index (χ4n) is 3.68. The fraction of sp³-hybridized carbons (Fsp3) is 0.318. The summed E-state index contributed by atoms with van der Waals surface area (Å²) < 4.78 is 0. The van der Waals surface area contributed by atoms with E-state index in [-0.39, 0.29) is 24.0 Å². The maximum atomic E-state index is 12.6. The molecule has 0 radical (unpaired) electrons. The first-order valence-electron chi connectivity index (χ1n) is 9.40. The first-order chi connectivity index (χ1) is 13.2. The molecule has 0 aliphatic heterocycles. The standard InChI is InChI=1S/C22H23N3O2/c26-19-11-17(12-19)22(18-10-16-5-1-2-6-20(16)24-14-18)25-21(27)8-7-15-4-3-9-23-13-15/h1-6,9-10,13-14,17,19,22,26H,7-8,11-12H2,(H,25,27). The highest BCUT2D eigenvalue weighted by Crippen LogP contribution is 2.38. The first-order valence-corrected chi connectivity index (χ1v) is 9.40. The van der Waals surface area contributed by atoms with Gasteiger partial charge in [0, 0.05) is 30.4 Å². The number of nitrogens with one attached hydrogen (secondary N) is 1. The van der Waals surface area contributed by atoms with Crippen molar-refractivity contribution in [2.45, 2.75) is 37.8 Å². The average molecular weight is 361 g/mol. The minimum absolute atomic E-state index is 0.0124. The van der Waals surface area contributed by atoms with Crippen LogP contribution in [-0.2, 0) is 11.2 Å². The molecule has 4 rings (SSSR count). The Labute approximate surface area is 158 Å². The smallest absolute Gasteiger partial charge is 0.220 e. The van der Waals surface area contributed by atoms with Gasteiger partial charge in [0.1, 0.15) is 0 Å². The summed E-state index contributed by atoms with van der Waals surface area (Å²) in [4.78, 5) is 21.2. The number of hydrogen-bond donors (Lipinski definition) is 2. The zero-order valence-corrected chi connectivity index (χ0v) is 15.1. The topological polar surface area (TPSA) is 75.1 Å². The number of aryl methyl sites for hydroxylation is 1. The van der Waals surface area contributed by atoms with Crippen molar-refractivity contribution < 1.29 is 9.90 Å². The van der Waals surface area contributed by atoms with Crippen molar-refractivity contribution in [2.24, 2.45) is 5.92 Å². The van der Waals surface area contributed by atoms with E-state index in [4.69, 9.17) is 0 Å². The lowest BCUT2D eigenvalue weighted by molar-refractivity contribution is -0.123. The third-order valence-electron chi connectivity index (χ3n) is 5.27. The van der Waals surface area contributed by atoms with Crippen molar-refractivity contribution in [3.8, 4) is 0 Å². The van der Waals surface area contributed by atoms with Gasteiger partial charge in [0.15, 0.2) is 0 Å². The summed E-state index contributed by atoms with van der Waals surface area (Å²) in [6.07, 6.45) is 7.60. The largest absolute Gasteiger partial charge is 0.393 e. The lowest BCUT2D eigenvalue weighted by atomic mass is 9.75. The highest BCUT2D eigenvalue weighted by Gasteiger charge is 2.35. The van der Waals surface area contributed by atoms with Crippen molar-refractivity contribution in [1.29, 1.82) is 0 Å². The molecule has 1 aliphatic carbocycles. The molecule has 1 aliphatic rings. The van der Waals surface area contributed by atoms with Gasteiger partial charge in [0.2, 0.25) is 5.91 Å². The van der Waals surface area contributed by atoms with E-state index in [1.807, 2.05) is 42.6 Å². The van der Waals surface area contributed by atoms with Crippen LogP contribution < -0.4 is 5.32 Å². The monoisotopic (exact) mass is 361 g/mol. The number of benzene rings is 1. The summed E-state index contributed by atoms with van der Waals surface area (Å²) in [5, 5.41) is 14.0. The maximum absolute atomic E-state index is 12.6. The zero-order valence-electron chi connectivity index (χ0n) is 15.1. The van der Waals surface area contributed by atoms with Gasteiger partial charge in [0.25, 0.3) is 0 Å². The summed E-state index contributed by atoms with van der Waals surface area (Å²) in [5.74, 6) is 0.253. The van der Waals surface area contributed by atoms with Crippen molar-refractivity contribution in [2.75, 3.05) is 0 Å². The van der Waals surface area contributed by atoms with E-state index in [1.165, 1.54) is 0 Å². The van der Waals surface area contributed by atoms with E-state index in [2.05, 4.69) is 21.4 Å². The molecule has 1 aromatic carbocycles. The van der Waals surface area contributed by atoms with Gasteiger partial charge in [-0.1, -0.05) is 24.3 Å². The van der Waals surface area contributed by atoms with Gasteiger partial charge in [-0.25, -0.2) is 0 Å². The summed E-state index contributed by atoms with van der Waals surface area (Å²) in [6, 6.07) is 13.8. The van der Waals surface area contributed by atoms with Crippen LogP contribution in [0, 0.1) is 5.92 Å². The van der Waals surface area contributed by atoms with E-state index < -0.39 is 0 Å². The van der Waals surface area contributed by atoms with Crippen LogP contribution in [0.3, 0.4) is 0 Å². The number of aliphatic hydroxyl groups excluding tert-OH is 1. The SMILES string of the molecule is O=C(CCc1cccnc1)NC(c1cnc2ccccc2c1)C1CC(O)C1. The van der Waals surface area contributed by atoms with Crippen LogP contribution in [0.2, 0.25) is 0 Å². The molecule has 1 atom stereocenters. The molecular formula is C22H23N3O2. The Morgan fingerprint density at radius 3 is 2.81 bits per heavy atom. The Morgan fingerprint density at radius 2 is 2.04 bits per heavy atom. The molecule has 0 saturated heterocycles. The minimum Gasteiger partial charge on any atom is -0.393 e. The van der Waals surface area contributed by atoms with Gasteiger partial charge >= 0.3 is 0 Å². The molecule has 27 heavy (non-hydrogen) atoms. The van der Waals surface area contributed by atoms with Crippen LogP contribution in [0.5, 0.6) is 0 Å². The van der Waals surface area contributed by atoms with Crippen LogP contribution >= 0.6 is 0 Å². The normalized spacial score (nSPS) is 20.0. The molecule has 138 valence electrons. The first kappa shape index (κ1) is 17.6. The Kier molecular flexibility index (Phi) is 5.12. The van der Waals surface area contributed by atoms with E-state index in [0.717, 1.165) is 22.0 Å². The number of aliphatic hydroxyl groups is 1. The molecule has 0 spiro atoms. The Balaban J connectivity index is 1.49. The third kappa shape index (κ3) is 4.14. The number of para-hydroxylation sites is 1. The average Bonchev–Trinajstić information content (AvgIpc) is 2.69. The molecule has 3 aromatic rings. The summed E-state index contributed by atoms with van der Waals surface area (Å²) in [5.41, 5.74) is 2.99. The van der Waals surface area contributed by atoms with Crippen molar-refractivity contribution in [1.82, 2.24) is 15.3 Å². The second kappa shape index (κ2) is 7.84. The van der Waals surface area contributed by atoms with Gasteiger partial charge in [-0.05, 0) is 54.5 Å². The molecule has 2 heterocycles. The van der Waals surface area contributed by atoms with E-state index >= 15 is 0 Å². The van der Waals surface area contributed by atoms with Gasteiger partial charge in [-0.15, -0.1) is 0 Å². The molecular weight excluding hydrogens is 338 g/mol.